The lowest BCUT2D eigenvalue weighted by atomic mass is 9.99. The van der Waals surface area contributed by atoms with Crippen molar-refractivity contribution in [1.29, 1.82) is 0 Å². The number of aryl methyl sites for hydroxylation is 3. The number of tetrazole rings is 1. The molecule has 3 aliphatic rings. The number of hydrogen-bond donors (Lipinski definition) is 2. The van der Waals surface area contributed by atoms with Gasteiger partial charge >= 0.3 is 16.2 Å². The van der Waals surface area contributed by atoms with Crippen LogP contribution < -0.4 is 14.1 Å². The lowest BCUT2D eigenvalue weighted by molar-refractivity contribution is -0.604. The molecule has 2 aromatic rings. The minimum atomic E-state index is -4.74. The van der Waals surface area contributed by atoms with Crippen LogP contribution in [0.3, 0.4) is 0 Å². The largest absolute Gasteiger partial charge is 0.608 e. The molecule has 178 valence electrons. The molecule has 1 aromatic heterocycles. The van der Waals surface area contributed by atoms with Gasteiger partial charge in [-0.3, -0.25) is 5.32 Å². The fraction of sp³-hybridized carbons (Fsp3) is 0.600. The standard InChI is InChI=1S/C20H27N7O5S/c1-25-23-19(22-24-25)26(15-8-10-32-11-9-15)33(30,31)27(29)20(28)21-18-16-6-2-4-13(16)12-14-5-3-7-17(14)18/h12,15,27H,2-11H2,1H3,(H,21,28). The normalized spacial score (nSPS) is 19.2. The van der Waals surface area contributed by atoms with E-state index >= 15 is 0 Å². The first-order valence-corrected chi connectivity index (χ1v) is 12.7. The minimum absolute atomic E-state index is 0.230. The number of aromatic nitrogens is 4. The molecule has 2 heterocycles. The van der Waals surface area contributed by atoms with Gasteiger partial charge in [-0.25, -0.2) is 4.79 Å². The summed E-state index contributed by atoms with van der Waals surface area (Å²) < 4.78 is 31.4. The fourth-order valence-corrected chi connectivity index (χ4v) is 6.44. The van der Waals surface area contributed by atoms with Crippen molar-refractivity contribution in [2.45, 2.75) is 57.4 Å². The summed E-state index contributed by atoms with van der Waals surface area (Å²) in [7, 11) is -3.24. The quantitative estimate of drug-likeness (QED) is 0.574. The Morgan fingerprint density at radius 2 is 1.82 bits per heavy atom. The van der Waals surface area contributed by atoms with Crippen molar-refractivity contribution in [3.8, 4) is 0 Å². The molecule has 1 fully saturated rings. The number of nitrogens with zero attached hydrogens (tertiary/aromatic N) is 5. The van der Waals surface area contributed by atoms with Gasteiger partial charge in [0.1, 0.15) is 0 Å². The Kier molecular flexibility index (Phi) is 5.80. The summed E-state index contributed by atoms with van der Waals surface area (Å²) in [6.45, 7) is 0.666. The number of carbonyl (C=O) groups is 1. The number of fused-ring (bicyclic) bond motifs is 2. The van der Waals surface area contributed by atoms with E-state index in [0.717, 1.165) is 58.8 Å². The number of quaternary nitrogens is 1. The van der Waals surface area contributed by atoms with E-state index in [1.54, 1.807) is 0 Å². The Labute approximate surface area is 191 Å². The van der Waals surface area contributed by atoms with Gasteiger partial charge in [0, 0.05) is 13.2 Å². The summed E-state index contributed by atoms with van der Waals surface area (Å²) >= 11 is 0. The average molecular weight is 478 g/mol. The number of nitrogens with one attached hydrogen (secondary N) is 2. The van der Waals surface area contributed by atoms with Crippen molar-refractivity contribution < 1.29 is 22.4 Å². The number of amides is 2. The van der Waals surface area contributed by atoms with Gasteiger partial charge in [0.15, 0.2) is 0 Å². The number of urea groups is 1. The number of benzene rings is 1. The van der Waals surface area contributed by atoms with Gasteiger partial charge in [0.2, 0.25) is 0 Å². The van der Waals surface area contributed by atoms with E-state index < -0.39 is 26.8 Å². The molecular formula is C20H27N7O5S. The second kappa shape index (κ2) is 8.63. The monoisotopic (exact) mass is 477 g/mol. The van der Waals surface area contributed by atoms with Crippen LogP contribution in [0.5, 0.6) is 0 Å². The molecule has 1 aromatic carbocycles. The van der Waals surface area contributed by atoms with Crippen LogP contribution in [-0.4, -0.2) is 53.9 Å². The average Bonchev–Trinajstić information content (AvgIpc) is 3.55. The van der Waals surface area contributed by atoms with Crippen LogP contribution >= 0.6 is 0 Å². The maximum absolute atomic E-state index is 13.4. The molecular weight excluding hydrogens is 450 g/mol. The maximum atomic E-state index is 13.4. The molecule has 0 spiro atoms. The Hall–Kier alpha value is -2.61. The third kappa shape index (κ3) is 3.98. The van der Waals surface area contributed by atoms with E-state index in [1.165, 1.54) is 18.2 Å². The Bertz CT molecular complexity index is 1140. The van der Waals surface area contributed by atoms with Crippen molar-refractivity contribution in [2.75, 3.05) is 22.8 Å². The number of anilines is 2. The number of carbonyl (C=O) groups excluding carboxylic acids is 1. The molecule has 0 radical (unpaired) electrons. The lowest BCUT2D eigenvalue weighted by Gasteiger charge is -2.33. The Balaban J connectivity index is 1.45. The summed E-state index contributed by atoms with van der Waals surface area (Å²) in [5.41, 5.74) is 5.01. The molecule has 1 atom stereocenters. The predicted octanol–water partition coefficient (Wildman–Crippen LogP) is 0.0325. The number of hydrogen-bond acceptors (Lipinski definition) is 8. The molecule has 12 nitrogen and oxygen atoms in total. The molecule has 5 rings (SSSR count). The second-order valence-corrected chi connectivity index (χ2v) is 10.4. The third-order valence-electron chi connectivity index (χ3n) is 6.61. The number of ether oxygens (including phenoxy) is 1. The zero-order chi connectivity index (χ0) is 23.2. The lowest BCUT2D eigenvalue weighted by Crippen LogP contribution is -3.14. The van der Waals surface area contributed by atoms with Crippen LogP contribution in [-0.2, 0) is 47.7 Å². The van der Waals surface area contributed by atoms with Crippen molar-refractivity contribution in [1.82, 2.24) is 20.2 Å². The van der Waals surface area contributed by atoms with Gasteiger partial charge in [0.25, 0.3) is 5.95 Å². The van der Waals surface area contributed by atoms with Gasteiger partial charge in [0.05, 0.1) is 18.8 Å². The molecule has 2 amide bonds. The molecule has 1 unspecified atom stereocenters. The Morgan fingerprint density at radius 1 is 1.18 bits per heavy atom. The molecule has 1 saturated heterocycles. The van der Waals surface area contributed by atoms with Crippen molar-refractivity contribution >= 4 is 27.9 Å². The molecule has 1 aliphatic heterocycles. The van der Waals surface area contributed by atoms with Crippen LogP contribution in [0.25, 0.3) is 0 Å². The zero-order valence-electron chi connectivity index (χ0n) is 18.4. The van der Waals surface area contributed by atoms with Crippen molar-refractivity contribution in [3.05, 3.63) is 33.5 Å². The van der Waals surface area contributed by atoms with E-state index in [2.05, 4.69) is 26.8 Å². The van der Waals surface area contributed by atoms with E-state index in [-0.39, 0.29) is 5.95 Å². The molecule has 0 bridgehead atoms. The molecule has 33 heavy (non-hydrogen) atoms. The molecule has 0 saturated carbocycles. The topological polar surface area (TPSA) is 147 Å². The first kappa shape index (κ1) is 22.2. The molecule has 2 aliphatic carbocycles. The maximum Gasteiger partial charge on any atom is 0.436 e. The van der Waals surface area contributed by atoms with Crippen LogP contribution in [0.4, 0.5) is 16.4 Å². The van der Waals surface area contributed by atoms with Gasteiger partial charge in [-0.1, -0.05) is 11.2 Å². The summed E-state index contributed by atoms with van der Waals surface area (Å²) in [6.07, 6.45) is 6.11. The van der Waals surface area contributed by atoms with Gasteiger partial charge in [-0.2, -0.15) is 22.0 Å². The van der Waals surface area contributed by atoms with Gasteiger partial charge < -0.3 is 9.94 Å². The van der Waals surface area contributed by atoms with Crippen LogP contribution in [0.2, 0.25) is 0 Å². The van der Waals surface area contributed by atoms with E-state index in [4.69, 9.17) is 4.74 Å². The summed E-state index contributed by atoms with van der Waals surface area (Å²) in [5.74, 6) is -0.230. The van der Waals surface area contributed by atoms with E-state index in [9.17, 15) is 18.4 Å². The van der Waals surface area contributed by atoms with E-state index in [0.29, 0.717) is 31.7 Å². The predicted molar refractivity (Wildman–Crippen MR) is 118 cm³/mol. The SMILES string of the molecule is Cn1nnc(N(C2CCOCC2)S(=O)(=O)[NH+]([O-])C(=O)Nc2c3c(cc4c2CCC4)CCC3)n1. The highest BCUT2D eigenvalue weighted by Crippen LogP contribution is 2.38. The highest BCUT2D eigenvalue weighted by atomic mass is 32.2. The number of hydroxylamine groups is 1. The first-order valence-electron chi connectivity index (χ1n) is 11.2. The Morgan fingerprint density at radius 3 is 2.39 bits per heavy atom. The summed E-state index contributed by atoms with van der Waals surface area (Å²) in [4.78, 5) is 14.1. The number of rotatable bonds is 5. The van der Waals surface area contributed by atoms with Crippen LogP contribution in [0, 0.1) is 5.21 Å². The highest BCUT2D eigenvalue weighted by molar-refractivity contribution is 7.86. The summed E-state index contributed by atoms with van der Waals surface area (Å²) in [6, 6.07) is 0.436. The zero-order valence-corrected chi connectivity index (χ0v) is 19.2. The van der Waals surface area contributed by atoms with Crippen molar-refractivity contribution in [3.63, 3.8) is 0 Å². The van der Waals surface area contributed by atoms with Crippen LogP contribution in [0.1, 0.15) is 47.9 Å². The highest BCUT2D eigenvalue weighted by Gasteiger charge is 2.42. The smallest absolute Gasteiger partial charge is 0.436 e. The third-order valence-corrected chi connectivity index (χ3v) is 8.24. The first-order chi connectivity index (χ1) is 15.9. The van der Waals surface area contributed by atoms with Crippen LogP contribution in [0.15, 0.2) is 6.07 Å². The second-order valence-electron chi connectivity index (χ2n) is 8.70. The minimum Gasteiger partial charge on any atom is -0.608 e. The van der Waals surface area contributed by atoms with E-state index in [1.807, 2.05) is 0 Å². The van der Waals surface area contributed by atoms with Crippen molar-refractivity contribution in [2.24, 2.45) is 7.05 Å². The van der Waals surface area contributed by atoms with Gasteiger partial charge in [-0.15, -0.1) is 5.10 Å². The summed E-state index contributed by atoms with van der Waals surface area (Å²) in [5, 5.41) is 27.3. The molecule has 13 heteroatoms. The fourth-order valence-electron chi connectivity index (χ4n) is 5.09. The van der Waals surface area contributed by atoms with Gasteiger partial charge in [-0.05, 0) is 78.8 Å². The molecule has 2 N–H and O–H groups in total.